The van der Waals surface area contributed by atoms with Crippen LogP contribution in [0.2, 0.25) is 0 Å². The summed E-state index contributed by atoms with van der Waals surface area (Å²) in [5.74, 6) is 0.196. The Morgan fingerprint density at radius 1 is 1.00 bits per heavy atom. The summed E-state index contributed by atoms with van der Waals surface area (Å²) in [7, 11) is 4.34. The first-order valence-electron chi connectivity index (χ1n) is 7.50. The van der Waals surface area contributed by atoms with Crippen LogP contribution in [0.25, 0.3) is 0 Å². The van der Waals surface area contributed by atoms with Gasteiger partial charge in [0, 0.05) is 11.1 Å². The Balaban J connectivity index is 2.33. The lowest BCUT2D eigenvalue weighted by Crippen LogP contribution is -2.14. The number of ether oxygens (including phenoxy) is 3. The average molecular weight is 344 g/mol. The van der Waals surface area contributed by atoms with Crippen molar-refractivity contribution in [3.63, 3.8) is 0 Å². The van der Waals surface area contributed by atoms with Gasteiger partial charge in [0.1, 0.15) is 11.5 Å². The lowest BCUT2D eigenvalue weighted by molar-refractivity contribution is 0.0599. The summed E-state index contributed by atoms with van der Waals surface area (Å²) in [4.78, 5) is 28.4. The van der Waals surface area contributed by atoms with Gasteiger partial charge in [-0.15, -0.1) is 0 Å². The number of benzene rings is 1. The molecule has 0 radical (unpaired) electrons. The molecule has 132 valence electrons. The van der Waals surface area contributed by atoms with E-state index in [-0.39, 0.29) is 5.91 Å². The molecule has 7 heteroatoms. The summed E-state index contributed by atoms with van der Waals surface area (Å²) in [6.07, 6.45) is 1.47. The molecule has 1 amide bonds. The van der Waals surface area contributed by atoms with Crippen LogP contribution in [-0.4, -0.2) is 38.2 Å². The molecule has 0 saturated carbocycles. The van der Waals surface area contributed by atoms with Crippen molar-refractivity contribution in [1.29, 1.82) is 0 Å². The summed E-state index contributed by atoms with van der Waals surface area (Å²) in [6.45, 7) is 3.53. The van der Waals surface area contributed by atoms with Crippen molar-refractivity contribution in [2.24, 2.45) is 0 Å². The lowest BCUT2D eigenvalue weighted by Gasteiger charge is -2.13. The summed E-state index contributed by atoms with van der Waals surface area (Å²) in [5.41, 5.74) is 2.35. The van der Waals surface area contributed by atoms with E-state index in [4.69, 9.17) is 14.2 Å². The smallest absolute Gasteiger partial charge is 0.339 e. The van der Waals surface area contributed by atoms with Gasteiger partial charge in [0.2, 0.25) is 0 Å². The molecular weight excluding hydrogens is 324 g/mol. The number of amides is 1. The van der Waals surface area contributed by atoms with E-state index in [9.17, 15) is 9.59 Å². The van der Waals surface area contributed by atoms with E-state index in [0.29, 0.717) is 34.0 Å². The third kappa shape index (κ3) is 3.88. The number of aryl methyl sites for hydroxylation is 1. The summed E-state index contributed by atoms with van der Waals surface area (Å²) in [5, 5.41) is 2.71. The third-order valence-electron chi connectivity index (χ3n) is 3.76. The van der Waals surface area contributed by atoms with Crippen LogP contribution in [0.5, 0.6) is 11.5 Å². The highest BCUT2D eigenvalue weighted by Gasteiger charge is 2.16. The second-order valence-corrected chi connectivity index (χ2v) is 5.31. The molecule has 0 aliphatic carbocycles. The normalized spacial score (nSPS) is 10.1. The number of hydrogen-bond donors (Lipinski definition) is 1. The van der Waals surface area contributed by atoms with Crippen molar-refractivity contribution in [2.45, 2.75) is 13.8 Å². The predicted octanol–water partition coefficient (Wildman–Crippen LogP) is 2.75. The van der Waals surface area contributed by atoms with Gasteiger partial charge < -0.3 is 19.5 Å². The molecule has 25 heavy (non-hydrogen) atoms. The zero-order chi connectivity index (χ0) is 18.6. The minimum Gasteiger partial charge on any atom is -0.496 e. The molecule has 0 unspecified atom stereocenters. The molecule has 2 rings (SSSR count). The number of carbonyl (C=O) groups excluding carboxylic acids is 2. The number of esters is 1. The maximum Gasteiger partial charge on any atom is 0.339 e. The average Bonchev–Trinajstić information content (AvgIpc) is 2.62. The molecular formula is C18H20N2O5. The Bertz CT molecular complexity index is 792. The Morgan fingerprint density at radius 3 is 2.12 bits per heavy atom. The second-order valence-electron chi connectivity index (χ2n) is 5.31. The molecule has 0 aliphatic heterocycles. The fraction of sp³-hybridized carbons (Fsp3) is 0.278. The molecule has 0 aliphatic rings. The van der Waals surface area contributed by atoms with E-state index < -0.39 is 5.97 Å². The van der Waals surface area contributed by atoms with Gasteiger partial charge in [-0.3, -0.25) is 9.78 Å². The van der Waals surface area contributed by atoms with Crippen molar-refractivity contribution in [2.75, 3.05) is 26.6 Å². The van der Waals surface area contributed by atoms with Crippen LogP contribution in [0.15, 0.2) is 24.4 Å². The Labute approximate surface area is 145 Å². The monoisotopic (exact) mass is 344 g/mol. The van der Waals surface area contributed by atoms with Gasteiger partial charge in [-0.05, 0) is 32.0 Å². The maximum absolute atomic E-state index is 12.5. The molecule has 1 heterocycles. The molecule has 7 nitrogen and oxygen atoms in total. The molecule has 1 N–H and O–H groups in total. The van der Waals surface area contributed by atoms with E-state index in [0.717, 1.165) is 5.56 Å². The molecule has 0 atom stereocenters. The van der Waals surface area contributed by atoms with Crippen LogP contribution >= 0.6 is 0 Å². The number of methoxy groups -OCH3 is 3. The Kier molecular flexibility index (Phi) is 5.59. The van der Waals surface area contributed by atoms with Crippen molar-refractivity contribution in [1.82, 2.24) is 4.98 Å². The third-order valence-corrected chi connectivity index (χ3v) is 3.76. The van der Waals surface area contributed by atoms with Crippen LogP contribution in [0, 0.1) is 13.8 Å². The first kappa shape index (κ1) is 18.3. The van der Waals surface area contributed by atoms with Gasteiger partial charge in [0.05, 0.1) is 44.5 Å². The fourth-order valence-corrected chi connectivity index (χ4v) is 2.34. The topological polar surface area (TPSA) is 86.8 Å². The Morgan fingerprint density at radius 2 is 1.60 bits per heavy atom. The fourth-order valence-electron chi connectivity index (χ4n) is 2.34. The van der Waals surface area contributed by atoms with Crippen molar-refractivity contribution < 1.29 is 23.8 Å². The zero-order valence-corrected chi connectivity index (χ0v) is 14.8. The highest BCUT2D eigenvalue weighted by molar-refractivity contribution is 6.05. The number of pyridine rings is 1. The van der Waals surface area contributed by atoms with Gasteiger partial charge >= 0.3 is 5.97 Å². The first-order chi connectivity index (χ1) is 11.9. The standard InChI is InChI=1S/C18H20N2O5/c1-10-15(23-3)6-12(7-16(10)24-4)17(21)20-13-8-14(18(22)25-5)11(2)19-9-13/h6-9H,1-5H3,(H,20,21). The van der Waals surface area contributed by atoms with E-state index in [1.54, 1.807) is 19.1 Å². The molecule has 2 aromatic rings. The number of carbonyl (C=O) groups is 2. The quantitative estimate of drug-likeness (QED) is 0.839. The van der Waals surface area contributed by atoms with Crippen LogP contribution in [0.4, 0.5) is 5.69 Å². The van der Waals surface area contributed by atoms with Gasteiger partial charge in [0.15, 0.2) is 0 Å². The van der Waals surface area contributed by atoms with Crippen LogP contribution < -0.4 is 14.8 Å². The number of nitrogens with one attached hydrogen (secondary N) is 1. The molecule has 1 aromatic carbocycles. The molecule has 0 saturated heterocycles. The van der Waals surface area contributed by atoms with Gasteiger partial charge in [0.25, 0.3) is 5.91 Å². The minimum atomic E-state index is -0.514. The van der Waals surface area contributed by atoms with E-state index in [2.05, 4.69) is 10.3 Å². The van der Waals surface area contributed by atoms with Crippen molar-refractivity contribution in [3.8, 4) is 11.5 Å². The van der Waals surface area contributed by atoms with Crippen LogP contribution in [0.3, 0.4) is 0 Å². The van der Waals surface area contributed by atoms with Crippen LogP contribution in [0.1, 0.15) is 32.0 Å². The second kappa shape index (κ2) is 7.65. The minimum absolute atomic E-state index is 0.291. The summed E-state index contributed by atoms with van der Waals surface area (Å²) < 4.78 is 15.3. The highest BCUT2D eigenvalue weighted by Crippen LogP contribution is 2.29. The Hall–Kier alpha value is -3.09. The molecule has 0 spiro atoms. The van der Waals surface area contributed by atoms with Gasteiger partial charge in [-0.25, -0.2) is 4.79 Å². The van der Waals surface area contributed by atoms with Crippen LogP contribution in [-0.2, 0) is 4.74 Å². The maximum atomic E-state index is 12.5. The summed E-state index contributed by atoms with van der Waals surface area (Å²) in [6, 6.07) is 4.76. The number of anilines is 1. The van der Waals surface area contributed by atoms with Crippen molar-refractivity contribution >= 4 is 17.6 Å². The largest absolute Gasteiger partial charge is 0.496 e. The van der Waals surface area contributed by atoms with E-state index in [1.807, 2.05) is 6.92 Å². The summed E-state index contributed by atoms with van der Waals surface area (Å²) >= 11 is 0. The predicted molar refractivity (Wildman–Crippen MR) is 92.5 cm³/mol. The SMILES string of the molecule is COC(=O)c1cc(NC(=O)c2cc(OC)c(C)c(OC)c2)cnc1C. The number of hydrogen-bond acceptors (Lipinski definition) is 6. The van der Waals surface area contributed by atoms with Gasteiger partial charge in [-0.2, -0.15) is 0 Å². The van der Waals surface area contributed by atoms with Gasteiger partial charge in [-0.1, -0.05) is 0 Å². The zero-order valence-electron chi connectivity index (χ0n) is 14.8. The highest BCUT2D eigenvalue weighted by atomic mass is 16.5. The lowest BCUT2D eigenvalue weighted by atomic mass is 10.1. The molecule has 0 fully saturated rings. The molecule has 1 aromatic heterocycles. The molecule has 0 bridgehead atoms. The van der Waals surface area contributed by atoms with Crippen molar-refractivity contribution in [3.05, 3.63) is 46.8 Å². The number of aromatic nitrogens is 1. The van der Waals surface area contributed by atoms with E-state index in [1.165, 1.54) is 33.6 Å². The van der Waals surface area contributed by atoms with E-state index >= 15 is 0 Å². The first-order valence-corrected chi connectivity index (χ1v) is 7.50. The number of nitrogens with zero attached hydrogens (tertiary/aromatic N) is 1. The number of rotatable bonds is 5.